The normalized spacial score (nSPS) is 12.7. The summed E-state index contributed by atoms with van der Waals surface area (Å²) in [7, 11) is -3.81. The second-order valence-corrected chi connectivity index (χ2v) is 7.33. The lowest BCUT2D eigenvalue weighted by molar-refractivity contribution is -0.138. The third kappa shape index (κ3) is 3.37. The van der Waals surface area contributed by atoms with Crippen LogP contribution in [-0.2, 0) is 14.8 Å². The Morgan fingerprint density at radius 3 is 2.23 bits per heavy atom. The Kier molecular flexibility index (Phi) is 4.62. The Hall–Kier alpha value is -2.97. The van der Waals surface area contributed by atoms with Crippen LogP contribution in [0.5, 0.6) is 0 Å². The molecule has 1 atom stereocenters. The van der Waals surface area contributed by atoms with Crippen molar-refractivity contribution in [3.63, 3.8) is 0 Å². The molecule has 3 N–H and O–H groups in total. The van der Waals surface area contributed by atoms with Crippen LogP contribution in [0, 0.1) is 0 Å². The van der Waals surface area contributed by atoms with E-state index in [4.69, 9.17) is 9.66 Å². The zero-order chi connectivity index (χ0) is 18.9. The van der Waals surface area contributed by atoms with E-state index in [1.807, 2.05) is 30.3 Å². The third-order valence-electron chi connectivity index (χ3n) is 4.01. The number of primary sulfonamides is 1. The SMILES string of the molecule is CC(C(=O)O)c1noc(-c2ccc(S(N)(=O)=O)cc2)c1-c1ccccc1. The van der Waals surface area contributed by atoms with Gasteiger partial charge in [0.25, 0.3) is 0 Å². The lowest BCUT2D eigenvalue weighted by atomic mass is 9.94. The maximum atomic E-state index is 11.4. The minimum Gasteiger partial charge on any atom is -0.481 e. The van der Waals surface area contributed by atoms with Gasteiger partial charge in [-0.3, -0.25) is 4.79 Å². The molecule has 7 nitrogen and oxygen atoms in total. The summed E-state index contributed by atoms with van der Waals surface area (Å²) in [4.78, 5) is 11.4. The molecule has 26 heavy (non-hydrogen) atoms. The topological polar surface area (TPSA) is 123 Å². The maximum absolute atomic E-state index is 11.4. The highest BCUT2D eigenvalue weighted by atomic mass is 32.2. The number of carbonyl (C=O) groups is 1. The second kappa shape index (κ2) is 6.74. The summed E-state index contributed by atoms with van der Waals surface area (Å²) in [5, 5.41) is 18.4. The summed E-state index contributed by atoms with van der Waals surface area (Å²) in [6, 6.07) is 15.0. The number of hydrogen-bond donors (Lipinski definition) is 2. The van der Waals surface area contributed by atoms with Crippen molar-refractivity contribution in [1.82, 2.24) is 5.16 Å². The number of aromatic nitrogens is 1. The van der Waals surface area contributed by atoms with E-state index in [-0.39, 0.29) is 4.90 Å². The molecule has 134 valence electrons. The van der Waals surface area contributed by atoms with E-state index < -0.39 is 21.9 Å². The Balaban J connectivity index is 2.18. The summed E-state index contributed by atoms with van der Waals surface area (Å²) < 4.78 is 28.3. The molecule has 0 amide bonds. The Bertz CT molecular complexity index is 1040. The molecule has 0 radical (unpaired) electrons. The van der Waals surface area contributed by atoms with Crippen molar-refractivity contribution in [2.24, 2.45) is 5.14 Å². The van der Waals surface area contributed by atoms with Gasteiger partial charge in [0, 0.05) is 5.56 Å². The average Bonchev–Trinajstić information content (AvgIpc) is 3.06. The van der Waals surface area contributed by atoms with E-state index in [2.05, 4.69) is 5.16 Å². The molecule has 2 aromatic carbocycles. The molecule has 3 aromatic rings. The number of hydrogen-bond acceptors (Lipinski definition) is 5. The summed E-state index contributed by atoms with van der Waals surface area (Å²) in [5.74, 6) is -1.53. The van der Waals surface area contributed by atoms with Gasteiger partial charge in [-0.1, -0.05) is 35.5 Å². The zero-order valence-corrected chi connectivity index (χ0v) is 14.6. The van der Waals surface area contributed by atoms with Crippen LogP contribution in [0.3, 0.4) is 0 Å². The van der Waals surface area contributed by atoms with Crippen LogP contribution in [-0.4, -0.2) is 24.7 Å². The van der Waals surface area contributed by atoms with Gasteiger partial charge >= 0.3 is 5.97 Å². The van der Waals surface area contributed by atoms with Crippen molar-refractivity contribution in [2.45, 2.75) is 17.7 Å². The van der Waals surface area contributed by atoms with E-state index in [9.17, 15) is 18.3 Å². The molecule has 0 saturated carbocycles. The van der Waals surface area contributed by atoms with Crippen LogP contribution in [0.2, 0.25) is 0 Å². The highest BCUT2D eigenvalue weighted by Crippen LogP contribution is 2.38. The van der Waals surface area contributed by atoms with Crippen LogP contribution in [0.4, 0.5) is 0 Å². The number of rotatable bonds is 5. The van der Waals surface area contributed by atoms with E-state index >= 15 is 0 Å². The quantitative estimate of drug-likeness (QED) is 0.710. The van der Waals surface area contributed by atoms with Crippen molar-refractivity contribution in [3.8, 4) is 22.5 Å². The first-order chi connectivity index (χ1) is 12.3. The summed E-state index contributed by atoms with van der Waals surface area (Å²) in [6.45, 7) is 1.53. The van der Waals surface area contributed by atoms with Gasteiger partial charge in [0.1, 0.15) is 11.6 Å². The molecule has 0 saturated heterocycles. The minimum absolute atomic E-state index is 0.0267. The predicted octanol–water partition coefficient (Wildman–Crippen LogP) is 2.84. The van der Waals surface area contributed by atoms with Gasteiger partial charge < -0.3 is 9.63 Å². The Morgan fingerprint density at radius 2 is 1.69 bits per heavy atom. The van der Waals surface area contributed by atoms with Crippen molar-refractivity contribution < 1.29 is 22.8 Å². The highest BCUT2D eigenvalue weighted by molar-refractivity contribution is 7.89. The summed E-state index contributed by atoms with van der Waals surface area (Å²) in [6.07, 6.45) is 0. The Labute approximate surface area is 150 Å². The van der Waals surface area contributed by atoms with Crippen molar-refractivity contribution in [3.05, 3.63) is 60.3 Å². The number of nitrogens with zero attached hydrogens (tertiary/aromatic N) is 1. The third-order valence-corrected chi connectivity index (χ3v) is 4.94. The molecule has 3 rings (SSSR count). The largest absolute Gasteiger partial charge is 0.481 e. The molecule has 1 unspecified atom stereocenters. The molecular weight excluding hydrogens is 356 g/mol. The predicted molar refractivity (Wildman–Crippen MR) is 94.8 cm³/mol. The summed E-state index contributed by atoms with van der Waals surface area (Å²) >= 11 is 0. The fraction of sp³-hybridized carbons (Fsp3) is 0.111. The first kappa shape index (κ1) is 17.8. The Morgan fingerprint density at radius 1 is 1.08 bits per heavy atom. The van der Waals surface area contributed by atoms with Gasteiger partial charge in [0.2, 0.25) is 10.0 Å². The number of nitrogens with two attached hydrogens (primary N) is 1. The van der Waals surface area contributed by atoms with Gasteiger partial charge in [0.05, 0.1) is 10.5 Å². The molecule has 0 aliphatic carbocycles. The molecule has 0 spiro atoms. The first-order valence-corrected chi connectivity index (χ1v) is 9.24. The van der Waals surface area contributed by atoms with Crippen LogP contribution in [0.1, 0.15) is 18.5 Å². The van der Waals surface area contributed by atoms with Crippen molar-refractivity contribution in [1.29, 1.82) is 0 Å². The van der Waals surface area contributed by atoms with Gasteiger partial charge in [-0.05, 0) is 36.8 Å². The molecule has 8 heteroatoms. The maximum Gasteiger partial charge on any atom is 0.312 e. The lowest BCUT2D eigenvalue weighted by Gasteiger charge is -2.08. The van der Waals surface area contributed by atoms with Crippen molar-refractivity contribution >= 4 is 16.0 Å². The number of sulfonamides is 1. The van der Waals surface area contributed by atoms with E-state index in [1.54, 1.807) is 12.1 Å². The van der Waals surface area contributed by atoms with Gasteiger partial charge in [0.15, 0.2) is 5.76 Å². The molecule has 0 fully saturated rings. The number of aliphatic carboxylic acids is 1. The minimum atomic E-state index is -3.81. The van der Waals surface area contributed by atoms with Crippen LogP contribution in [0.15, 0.2) is 64.0 Å². The number of carboxylic acid groups (broad SMARTS) is 1. The van der Waals surface area contributed by atoms with Crippen LogP contribution >= 0.6 is 0 Å². The molecule has 0 bridgehead atoms. The van der Waals surface area contributed by atoms with E-state index in [0.29, 0.717) is 22.6 Å². The fourth-order valence-corrected chi connectivity index (χ4v) is 3.11. The van der Waals surface area contributed by atoms with Gasteiger partial charge in [-0.2, -0.15) is 0 Å². The van der Waals surface area contributed by atoms with Crippen molar-refractivity contribution in [2.75, 3.05) is 0 Å². The monoisotopic (exact) mass is 372 g/mol. The molecular formula is C18H16N2O5S. The first-order valence-electron chi connectivity index (χ1n) is 7.70. The number of carboxylic acids is 1. The number of benzene rings is 2. The van der Waals surface area contributed by atoms with Gasteiger partial charge in [-0.15, -0.1) is 0 Å². The molecule has 0 aliphatic heterocycles. The molecule has 1 aromatic heterocycles. The lowest BCUT2D eigenvalue weighted by Crippen LogP contribution is -2.11. The van der Waals surface area contributed by atoms with E-state index in [0.717, 1.165) is 5.56 Å². The fourth-order valence-electron chi connectivity index (χ4n) is 2.59. The smallest absolute Gasteiger partial charge is 0.312 e. The standard InChI is InChI=1S/C18H16N2O5S/c1-11(18(21)22)16-15(12-5-3-2-4-6-12)17(25-20-16)13-7-9-14(10-8-13)26(19,23)24/h2-11H,1H3,(H,21,22)(H2,19,23,24). The zero-order valence-electron chi connectivity index (χ0n) is 13.8. The van der Waals surface area contributed by atoms with E-state index in [1.165, 1.54) is 19.1 Å². The average molecular weight is 372 g/mol. The van der Waals surface area contributed by atoms with Crippen LogP contribution in [0.25, 0.3) is 22.5 Å². The van der Waals surface area contributed by atoms with Crippen LogP contribution < -0.4 is 5.14 Å². The molecule has 0 aliphatic rings. The second-order valence-electron chi connectivity index (χ2n) is 5.77. The summed E-state index contributed by atoms with van der Waals surface area (Å²) in [5.41, 5.74) is 2.17. The highest BCUT2D eigenvalue weighted by Gasteiger charge is 2.27. The van der Waals surface area contributed by atoms with Gasteiger partial charge in [-0.25, -0.2) is 13.6 Å². The molecule has 1 heterocycles.